The number of aromatic nitrogens is 1. The molecule has 4 rings (SSSR count). The third-order valence-electron chi connectivity index (χ3n) is 6.25. The van der Waals surface area contributed by atoms with Crippen molar-refractivity contribution >= 4 is 48.9 Å². The van der Waals surface area contributed by atoms with Crippen LogP contribution in [0.25, 0.3) is 0 Å². The molecule has 0 radical (unpaired) electrons. The van der Waals surface area contributed by atoms with Crippen LogP contribution in [0.4, 0.5) is 14.6 Å². The van der Waals surface area contributed by atoms with Crippen LogP contribution >= 0.6 is 23.2 Å². The Hall–Kier alpha value is -2.31. The molecule has 0 saturated carbocycles. The van der Waals surface area contributed by atoms with Gasteiger partial charge in [0.2, 0.25) is 10.0 Å². The number of sulfonamides is 1. The topological polar surface area (TPSA) is 96.4 Å². The minimum absolute atomic E-state index is 0.171. The zero-order valence-electron chi connectivity index (χ0n) is 20.1. The molecule has 204 valence electrons. The van der Waals surface area contributed by atoms with E-state index >= 15 is 0 Å². The summed E-state index contributed by atoms with van der Waals surface area (Å²) in [7, 11) is -8.29. The number of likely N-dealkylation sites (tertiary alicyclic amines) is 1. The summed E-state index contributed by atoms with van der Waals surface area (Å²) >= 11 is 12.2. The SMILES string of the molecule is O=S(=O)(CCN1CCCCC1)Nc1cc(C(c2cc(F)ccc2F)S(=O)(=O)c2ccc(Cl)cc2)c(Cl)cn1. The second-order valence-corrected chi connectivity index (χ2v) is 13.7. The van der Waals surface area contributed by atoms with Crippen LogP contribution in [0, 0.1) is 11.6 Å². The van der Waals surface area contributed by atoms with E-state index in [2.05, 4.69) is 14.6 Å². The van der Waals surface area contributed by atoms with E-state index in [1.807, 2.05) is 0 Å². The Morgan fingerprint density at radius 2 is 1.61 bits per heavy atom. The molecule has 0 spiro atoms. The van der Waals surface area contributed by atoms with Crippen LogP contribution in [0.15, 0.2) is 59.6 Å². The Kier molecular flexibility index (Phi) is 8.93. The Morgan fingerprint density at radius 1 is 0.921 bits per heavy atom. The highest BCUT2D eigenvalue weighted by Crippen LogP contribution is 2.40. The van der Waals surface area contributed by atoms with Gasteiger partial charge in [-0.2, -0.15) is 0 Å². The van der Waals surface area contributed by atoms with E-state index in [0.29, 0.717) is 6.54 Å². The predicted octanol–water partition coefficient (Wildman–Crippen LogP) is 5.46. The van der Waals surface area contributed by atoms with Gasteiger partial charge in [-0.25, -0.2) is 30.6 Å². The fraction of sp³-hybridized carbons (Fsp3) is 0.320. The van der Waals surface area contributed by atoms with E-state index in [4.69, 9.17) is 23.2 Å². The molecule has 1 atom stereocenters. The Bertz CT molecular complexity index is 1520. The Balaban J connectivity index is 1.73. The highest BCUT2D eigenvalue weighted by atomic mass is 35.5. The minimum Gasteiger partial charge on any atom is -0.302 e. The highest BCUT2D eigenvalue weighted by Gasteiger charge is 2.35. The van der Waals surface area contributed by atoms with Crippen molar-refractivity contribution in [2.45, 2.75) is 29.4 Å². The molecule has 1 fully saturated rings. The van der Waals surface area contributed by atoms with Gasteiger partial charge in [0.15, 0.2) is 9.84 Å². The van der Waals surface area contributed by atoms with Gasteiger partial charge in [0.1, 0.15) is 22.7 Å². The molecule has 38 heavy (non-hydrogen) atoms. The first-order valence-electron chi connectivity index (χ1n) is 11.8. The third kappa shape index (κ3) is 6.81. The zero-order valence-corrected chi connectivity index (χ0v) is 23.2. The van der Waals surface area contributed by atoms with E-state index in [-0.39, 0.29) is 32.1 Å². The van der Waals surface area contributed by atoms with E-state index < -0.39 is 42.3 Å². The lowest BCUT2D eigenvalue weighted by molar-refractivity contribution is 0.241. The molecule has 1 aliphatic heterocycles. The van der Waals surface area contributed by atoms with Gasteiger partial charge < -0.3 is 4.90 Å². The number of hydrogen-bond donors (Lipinski definition) is 1. The van der Waals surface area contributed by atoms with E-state index in [1.165, 1.54) is 24.3 Å². The van der Waals surface area contributed by atoms with Crippen LogP contribution < -0.4 is 4.72 Å². The highest BCUT2D eigenvalue weighted by molar-refractivity contribution is 7.92. The average molecular weight is 605 g/mol. The predicted molar refractivity (Wildman–Crippen MR) is 144 cm³/mol. The lowest BCUT2D eigenvalue weighted by Crippen LogP contribution is -2.35. The quantitative estimate of drug-likeness (QED) is 0.349. The standard InChI is InChI=1S/C25H25Cl2F2N3O4S2/c26-17-4-7-19(8-5-17)38(35,36)25(21-14-18(28)6-9-23(21)29)20-15-24(30-16-22(20)27)31-37(33,34)13-12-32-10-2-1-3-11-32/h4-9,14-16,25H,1-3,10-13H2,(H,30,31). The fourth-order valence-electron chi connectivity index (χ4n) is 4.33. The number of nitrogens with one attached hydrogen (secondary N) is 1. The number of hydrogen-bond acceptors (Lipinski definition) is 6. The van der Waals surface area contributed by atoms with E-state index in [1.54, 1.807) is 0 Å². The zero-order chi connectivity index (χ0) is 27.5. The second kappa shape index (κ2) is 11.8. The summed E-state index contributed by atoms with van der Waals surface area (Å²) in [6.45, 7) is 1.97. The van der Waals surface area contributed by atoms with Crippen LogP contribution in [-0.4, -0.2) is 52.1 Å². The number of anilines is 1. The second-order valence-electron chi connectivity index (χ2n) is 8.96. The van der Waals surface area contributed by atoms with Gasteiger partial charge >= 0.3 is 0 Å². The molecule has 1 N–H and O–H groups in total. The van der Waals surface area contributed by atoms with Crippen LogP contribution in [0.3, 0.4) is 0 Å². The molecular weight excluding hydrogens is 579 g/mol. The minimum atomic E-state index is -4.43. The smallest absolute Gasteiger partial charge is 0.235 e. The lowest BCUT2D eigenvalue weighted by atomic mass is 10.0. The van der Waals surface area contributed by atoms with Crippen LogP contribution in [0.1, 0.15) is 35.6 Å². The first kappa shape index (κ1) is 28.7. The average Bonchev–Trinajstić information content (AvgIpc) is 2.87. The first-order valence-corrected chi connectivity index (χ1v) is 15.7. The number of halogens is 4. The molecule has 2 heterocycles. The van der Waals surface area contributed by atoms with Crippen LogP contribution in [0.5, 0.6) is 0 Å². The maximum absolute atomic E-state index is 15.0. The van der Waals surface area contributed by atoms with Gasteiger partial charge in [-0.1, -0.05) is 29.6 Å². The normalized spacial score (nSPS) is 15.8. The number of pyridine rings is 1. The maximum Gasteiger partial charge on any atom is 0.235 e. The van der Waals surface area contributed by atoms with Crippen LogP contribution in [-0.2, 0) is 19.9 Å². The number of nitrogens with zero attached hydrogens (tertiary/aromatic N) is 2. The van der Waals surface area contributed by atoms with Crippen molar-refractivity contribution in [2.24, 2.45) is 0 Å². The first-order chi connectivity index (χ1) is 18.0. The fourth-order valence-corrected chi connectivity index (χ4v) is 7.60. The molecule has 1 unspecified atom stereocenters. The molecule has 7 nitrogen and oxygen atoms in total. The van der Waals surface area contributed by atoms with Gasteiger partial charge in [-0.05, 0) is 80.0 Å². The van der Waals surface area contributed by atoms with Gasteiger partial charge in [-0.15, -0.1) is 0 Å². The summed E-state index contributed by atoms with van der Waals surface area (Å²) in [5, 5.41) is -1.71. The van der Waals surface area contributed by atoms with Gasteiger partial charge in [-0.3, -0.25) is 4.72 Å². The van der Waals surface area contributed by atoms with Crippen molar-refractivity contribution in [3.8, 4) is 0 Å². The van der Waals surface area contributed by atoms with Crippen molar-refractivity contribution in [1.82, 2.24) is 9.88 Å². The molecule has 1 aromatic heterocycles. The summed E-state index contributed by atoms with van der Waals surface area (Å²) < 4.78 is 84.6. The molecule has 0 aliphatic carbocycles. The summed E-state index contributed by atoms with van der Waals surface area (Å²) in [5.74, 6) is -2.24. The van der Waals surface area contributed by atoms with Gasteiger partial charge in [0.25, 0.3) is 0 Å². The van der Waals surface area contributed by atoms with Crippen molar-refractivity contribution in [1.29, 1.82) is 0 Å². The molecule has 3 aromatic rings. The molecule has 1 aliphatic rings. The van der Waals surface area contributed by atoms with Crippen molar-refractivity contribution in [2.75, 3.05) is 30.1 Å². The van der Waals surface area contributed by atoms with Crippen molar-refractivity contribution in [3.63, 3.8) is 0 Å². The monoisotopic (exact) mass is 603 g/mol. The molecular formula is C25H25Cl2F2N3O4S2. The van der Waals surface area contributed by atoms with Gasteiger partial charge in [0, 0.05) is 23.3 Å². The van der Waals surface area contributed by atoms with E-state index in [0.717, 1.165) is 62.8 Å². The molecule has 2 aromatic carbocycles. The van der Waals surface area contributed by atoms with Gasteiger partial charge in [0.05, 0.1) is 15.7 Å². The maximum atomic E-state index is 15.0. The summed E-state index contributed by atoms with van der Waals surface area (Å²) in [5.41, 5.74) is -0.665. The van der Waals surface area contributed by atoms with Crippen LogP contribution in [0.2, 0.25) is 10.0 Å². The summed E-state index contributed by atoms with van der Waals surface area (Å²) in [6.07, 6.45) is 4.21. The number of sulfone groups is 1. The largest absolute Gasteiger partial charge is 0.302 e. The number of rotatable bonds is 9. The summed E-state index contributed by atoms with van der Waals surface area (Å²) in [4.78, 5) is 5.83. The van der Waals surface area contributed by atoms with Crippen molar-refractivity contribution in [3.05, 3.63) is 87.5 Å². The molecule has 0 amide bonds. The third-order valence-corrected chi connectivity index (χ3v) is 10.1. The van der Waals surface area contributed by atoms with E-state index in [9.17, 15) is 25.6 Å². The molecule has 1 saturated heterocycles. The molecule has 13 heteroatoms. The summed E-state index contributed by atoms with van der Waals surface area (Å²) in [6, 6.07) is 8.75. The van der Waals surface area contributed by atoms with Crippen molar-refractivity contribution < 1.29 is 25.6 Å². The lowest BCUT2D eigenvalue weighted by Gasteiger charge is -2.26. The number of benzene rings is 2. The Morgan fingerprint density at radius 3 is 2.29 bits per heavy atom. The number of piperidine rings is 1. The molecule has 0 bridgehead atoms. The Labute approximate surface area is 230 Å².